The zero-order chi connectivity index (χ0) is 12.0. The summed E-state index contributed by atoms with van der Waals surface area (Å²) in [6, 6.07) is 0. The van der Waals surface area contributed by atoms with Gasteiger partial charge in [0.05, 0.1) is 11.7 Å². The van der Waals surface area contributed by atoms with Crippen LogP contribution in [-0.4, -0.2) is 42.1 Å². The SMILES string of the molecule is CCCCCCN1CC(CCl)OC(C)(C)C1. The molecule has 0 radical (unpaired) electrons. The molecule has 0 aliphatic carbocycles. The number of hydrogen-bond donors (Lipinski definition) is 0. The van der Waals surface area contributed by atoms with E-state index in [2.05, 4.69) is 25.7 Å². The fourth-order valence-corrected chi connectivity index (χ4v) is 2.59. The number of alkyl halides is 1. The van der Waals surface area contributed by atoms with Gasteiger partial charge in [0.2, 0.25) is 0 Å². The van der Waals surface area contributed by atoms with Gasteiger partial charge in [-0.05, 0) is 26.8 Å². The molecule has 1 saturated heterocycles. The number of hydrogen-bond acceptors (Lipinski definition) is 2. The van der Waals surface area contributed by atoms with E-state index in [4.69, 9.17) is 16.3 Å². The lowest BCUT2D eigenvalue weighted by atomic mass is 10.0. The Bertz CT molecular complexity index is 196. The Labute approximate surface area is 105 Å². The molecule has 2 nitrogen and oxygen atoms in total. The van der Waals surface area contributed by atoms with Gasteiger partial charge in [-0.3, -0.25) is 4.90 Å². The highest BCUT2D eigenvalue weighted by Gasteiger charge is 2.32. The largest absolute Gasteiger partial charge is 0.368 e. The van der Waals surface area contributed by atoms with Crippen molar-refractivity contribution >= 4 is 11.6 Å². The summed E-state index contributed by atoms with van der Waals surface area (Å²) in [7, 11) is 0. The van der Waals surface area contributed by atoms with E-state index < -0.39 is 0 Å². The van der Waals surface area contributed by atoms with Gasteiger partial charge in [-0.25, -0.2) is 0 Å². The summed E-state index contributed by atoms with van der Waals surface area (Å²) < 4.78 is 5.91. The van der Waals surface area contributed by atoms with Gasteiger partial charge >= 0.3 is 0 Å². The molecule has 0 amide bonds. The van der Waals surface area contributed by atoms with E-state index in [0.717, 1.165) is 13.1 Å². The van der Waals surface area contributed by atoms with Crippen molar-refractivity contribution < 1.29 is 4.74 Å². The number of nitrogens with zero attached hydrogens (tertiary/aromatic N) is 1. The van der Waals surface area contributed by atoms with E-state index in [1.165, 1.54) is 32.2 Å². The van der Waals surface area contributed by atoms with Crippen molar-refractivity contribution in [3.8, 4) is 0 Å². The highest BCUT2D eigenvalue weighted by atomic mass is 35.5. The molecular formula is C13H26ClNO. The third kappa shape index (κ3) is 5.03. The number of rotatable bonds is 6. The van der Waals surface area contributed by atoms with Gasteiger partial charge in [0.1, 0.15) is 0 Å². The molecule has 0 aromatic heterocycles. The topological polar surface area (TPSA) is 12.5 Å². The first-order valence-corrected chi connectivity index (χ1v) is 7.07. The van der Waals surface area contributed by atoms with Crippen LogP contribution in [0.3, 0.4) is 0 Å². The Kier molecular flexibility index (Phi) is 6.09. The second-order valence-electron chi connectivity index (χ2n) is 5.45. The van der Waals surface area contributed by atoms with Crippen LogP contribution in [0.5, 0.6) is 0 Å². The fourth-order valence-electron chi connectivity index (χ4n) is 2.43. The molecule has 1 rings (SSSR count). The molecule has 1 atom stereocenters. The molecule has 0 aromatic carbocycles. The normalized spacial score (nSPS) is 25.9. The van der Waals surface area contributed by atoms with Crippen LogP contribution >= 0.6 is 11.6 Å². The molecule has 3 heteroatoms. The molecule has 1 unspecified atom stereocenters. The predicted octanol–water partition coefficient (Wildman–Crippen LogP) is 3.28. The smallest absolute Gasteiger partial charge is 0.0844 e. The Morgan fingerprint density at radius 1 is 1.31 bits per heavy atom. The van der Waals surface area contributed by atoms with Crippen molar-refractivity contribution in [1.82, 2.24) is 4.90 Å². The van der Waals surface area contributed by atoms with E-state index in [1.54, 1.807) is 0 Å². The van der Waals surface area contributed by atoms with E-state index in [0.29, 0.717) is 5.88 Å². The molecule has 16 heavy (non-hydrogen) atoms. The van der Waals surface area contributed by atoms with Crippen molar-refractivity contribution in [1.29, 1.82) is 0 Å². The zero-order valence-corrected chi connectivity index (χ0v) is 11.7. The molecule has 0 bridgehead atoms. The minimum absolute atomic E-state index is 0.0391. The average molecular weight is 248 g/mol. The number of unbranched alkanes of at least 4 members (excludes halogenated alkanes) is 3. The highest BCUT2D eigenvalue weighted by molar-refractivity contribution is 6.18. The summed E-state index contributed by atoms with van der Waals surface area (Å²) in [5.74, 6) is 0.606. The summed E-state index contributed by atoms with van der Waals surface area (Å²) in [5.41, 5.74) is -0.0391. The van der Waals surface area contributed by atoms with Crippen LogP contribution in [0, 0.1) is 0 Å². The van der Waals surface area contributed by atoms with E-state index in [9.17, 15) is 0 Å². The molecule has 1 fully saturated rings. The zero-order valence-electron chi connectivity index (χ0n) is 11.0. The van der Waals surface area contributed by atoms with Crippen molar-refractivity contribution in [3.63, 3.8) is 0 Å². The Balaban J connectivity index is 2.29. The van der Waals surface area contributed by atoms with Gasteiger partial charge in [0.15, 0.2) is 0 Å². The molecule has 96 valence electrons. The second-order valence-corrected chi connectivity index (χ2v) is 5.76. The van der Waals surface area contributed by atoms with Crippen LogP contribution in [-0.2, 0) is 4.74 Å². The highest BCUT2D eigenvalue weighted by Crippen LogP contribution is 2.22. The monoisotopic (exact) mass is 247 g/mol. The standard InChI is InChI=1S/C13H26ClNO/c1-4-5-6-7-8-15-10-12(9-14)16-13(2,3)11-15/h12H,4-11H2,1-3H3. The van der Waals surface area contributed by atoms with Crippen LogP contribution in [0.1, 0.15) is 46.5 Å². The summed E-state index contributed by atoms with van der Waals surface area (Å²) >= 11 is 5.91. The predicted molar refractivity (Wildman–Crippen MR) is 70.3 cm³/mol. The van der Waals surface area contributed by atoms with Crippen LogP contribution in [0.25, 0.3) is 0 Å². The maximum atomic E-state index is 5.91. The summed E-state index contributed by atoms with van der Waals surface area (Å²) in [6.07, 6.45) is 5.52. The van der Waals surface area contributed by atoms with Crippen molar-refractivity contribution in [3.05, 3.63) is 0 Å². The number of halogens is 1. The molecule has 0 N–H and O–H groups in total. The van der Waals surface area contributed by atoms with Crippen LogP contribution in [0.4, 0.5) is 0 Å². The summed E-state index contributed by atoms with van der Waals surface area (Å²) in [4.78, 5) is 2.51. The first-order chi connectivity index (χ1) is 7.57. The van der Waals surface area contributed by atoms with Crippen molar-refractivity contribution in [2.75, 3.05) is 25.5 Å². The van der Waals surface area contributed by atoms with Gasteiger partial charge in [-0.1, -0.05) is 26.2 Å². The molecule has 0 spiro atoms. The molecule has 1 heterocycles. The lowest BCUT2D eigenvalue weighted by Gasteiger charge is -2.42. The molecule has 1 aliphatic heterocycles. The maximum absolute atomic E-state index is 5.91. The molecular weight excluding hydrogens is 222 g/mol. The number of ether oxygens (including phenoxy) is 1. The summed E-state index contributed by atoms with van der Waals surface area (Å²) in [5, 5.41) is 0. The Hall–Kier alpha value is 0.210. The summed E-state index contributed by atoms with van der Waals surface area (Å²) in [6.45, 7) is 9.79. The molecule has 0 aromatic rings. The van der Waals surface area contributed by atoms with Crippen LogP contribution < -0.4 is 0 Å². The second kappa shape index (κ2) is 6.83. The van der Waals surface area contributed by atoms with E-state index in [-0.39, 0.29) is 11.7 Å². The first-order valence-electron chi connectivity index (χ1n) is 6.53. The van der Waals surface area contributed by atoms with Gasteiger partial charge in [0.25, 0.3) is 0 Å². The Morgan fingerprint density at radius 2 is 2.06 bits per heavy atom. The fraction of sp³-hybridized carbons (Fsp3) is 1.00. The quantitative estimate of drug-likeness (QED) is 0.528. The average Bonchev–Trinajstić information content (AvgIpc) is 2.22. The van der Waals surface area contributed by atoms with Crippen LogP contribution in [0.2, 0.25) is 0 Å². The van der Waals surface area contributed by atoms with Gasteiger partial charge < -0.3 is 4.74 Å². The molecule has 0 saturated carbocycles. The lowest BCUT2D eigenvalue weighted by molar-refractivity contribution is -0.127. The first kappa shape index (κ1) is 14.3. The minimum Gasteiger partial charge on any atom is -0.368 e. The van der Waals surface area contributed by atoms with Crippen LogP contribution in [0.15, 0.2) is 0 Å². The van der Waals surface area contributed by atoms with Crippen molar-refractivity contribution in [2.45, 2.75) is 58.2 Å². The van der Waals surface area contributed by atoms with Gasteiger partial charge in [0, 0.05) is 19.0 Å². The van der Waals surface area contributed by atoms with Gasteiger partial charge in [-0.15, -0.1) is 11.6 Å². The number of morpholine rings is 1. The maximum Gasteiger partial charge on any atom is 0.0844 e. The third-order valence-electron chi connectivity index (χ3n) is 3.05. The van der Waals surface area contributed by atoms with E-state index >= 15 is 0 Å². The lowest BCUT2D eigenvalue weighted by Crippen LogP contribution is -2.53. The third-order valence-corrected chi connectivity index (χ3v) is 3.40. The molecule has 1 aliphatic rings. The van der Waals surface area contributed by atoms with E-state index in [1.807, 2.05) is 0 Å². The van der Waals surface area contributed by atoms with Crippen molar-refractivity contribution in [2.24, 2.45) is 0 Å². The Morgan fingerprint density at radius 3 is 2.69 bits per heavy atom. The van der Waals surface area contributed by atoms with Gasteiger partial charge in [-0.2, -0.15) is 0 Å². The minimum atomic E-state index is -0.0391.